The van der Waals surface area contributed by atoms with E-state index in [1.807, 2.05) is 0 Å². The monoisotopic (exact) mass is 473 g/mol. The van der Waals surface area contributed by atoms with Crippen molar-refractivity contribution in [2.45, 2.75) is 116 Å². The van der Waals surface area contributed by atoms with Gasteiger partial charge in [-0.2, -0.15) is 0 Å². The quantitative estimate of drug-likeness (QED) is 0.435. The number of aliphatic hydroxyl groups is 1. The van der Waals surface area contributed by atoms with Gasteiger partial charge in [-0.1, -0.05) is 27.7 Å². The third kappa shape index (κ3) is 4.41. The van der Waals surface area contributed by atoms with E-state index in [1.165, 1.54) is 77.0 Å². The number of nitrogens with zero attached hydrogens (tertiary/aromatic N) is 1. The molecule has 0 aromatic carbocycles. The number of rotatable bonds is 10. The average Bonchev–Trinajstić information content (AvgIpc) is 2.61. The van der Waals surface area contributed by atoms with E-state index in [9.17, 15) is 5.11 Å². The highest BCUT2D eigenvalue weighted by Gasteiger charge is 2.62. The minimum absolute atomic E-state index is 0.119. The molecule has 0 aromatic rings. The van der Waals surface area contributed by atoms with E-state index in [0.29, 0.717) is 21.7 Å². The summed E-state index contributed by atoms with van der Waals surface area (Å²) in [7, 11) is 0. The third-order valence-corrected chi connectivity index (χ3v) is 11.2. The van der Waals surface area contributed by atoms with Gasteiger partial charge in [-0.3, -0.25) is 4.90 Å². The molecule has 4 unspecified atom stereocenters. The molecule has 8 aliphatic rings. The first-order chi connectivity index (χ1) is 16.0. The summed E-state index contributed by atoms with van der Waals surface area (Å²) >= 11 is 0. The zero-order chi connectivity index (χ0) is 23.9. The number of hydrogen-bond acceptors (Lipinski definition) is 4. The van der Waals surface area contributed by atoms with Crippen LogP contribution in [0.25, 0.3) is 0 Å². The Kier molecular flexibility index (Phi) is 5.63. The summed E-state index contributed by atoms with van der Waals surface area (Å²) in [4.78, 5) is 2.38. The van der Waals surface area contributed by atoms with Crippen LogP contribution < -0.4 is 0 Å². The van der Waals surface area contributed by atoms with Crippen LogP contribution in [-0.2, 0) is 9.47 Å². The van der Waals surface area contributed by atoms with E-state index >= 15 is 0 Å². The molecule has 8 saturated carbocycles. The molecule has 1 N–H and O–H groups in total. The molecule has 194 valence electrons. The van der Waals surface area contributed by atoms with Gasteiger partial charge < -0.3 is 14.6 Å². The second kappa shape index (κ2) is 7.92. The lowest BCUT2D eigenvalue weighted by molar-refractivity contribution is -0.218. The fourth-order valence-corrected chi connectivity index (χ4v) is 12.3. The van der Waals surface area contributed by atoms with Crippen LogP contribution in [0.5, 0.6) is 0 Å². The molecule has 8 fully saturated rings. The lowest BCUT2D eigenvalue weighted by Gasteiger charge is -2.65. The Hall–Kier alpha value is -0.160. The zero-order valence-electron chi connectivity index (χ0n) is 22.6. The van der Waals surface area contributed by atoms with Gasteiger partial charge in [0.2, 0.25) is 0 Å². The molecule has 0 radical (unpaired) electrons. The fourth-order valence-electron chi connectivity index (χ4n) is 12.3. The molecule has 0 aliphatic heterocycles. The van der Waals surface area contributed by atoms with E-state index in [1.54, 1.807) is 0 Å². The summed E-state index contributed by atoms with van der Waals surface area (Å²) in [6.45, 7) is 14.4. The van der Waals surface area contributed by atoms with Gasteiger partial charge in [0.25, 0.3) is 0 Å². The van der Waals surface area contributed by atoms with E-state index in [-0.39, 0.29) is 17.8 Å². The maximum Gasteiger partial charge on any atom is 0.0696 e. The molecule has 8 rings (SSSR count). The van der Waals surface area contributed by atoms with Crippen molar-refractivity contribution in [1.29, 1.82) is 0 Å². The molecule has 4 atom stereocenters. The molecule has 4 heteroatoms. The van der Waals surface area contributed by atoms with Gasteiger partial charge in [-0.05, 0) is 111 Å². The van der Waals surface area contributed by atoms with Gasteiger partial charge in [0, 0.05) is 19.6 Å². The summed E-state index contributed by atoms with van der Waals surface area (Å²) in [6.07, 6.45) is 16.1. The normalized spacial score (nSPS) is 52.8. The highest BCUT2D eigenvalue weighted by molar-refractivity contribution is 5.13. The van der Waals surface area contributed by atoms with Gasteiger partial charge in [0.15, 0.2) is 0 Å². The maximum absolute atomic E-state index is 9.71. The molecule has 34 heavy (non-hydrogen) atoms. The van der Waals surface area contributed by atoms with Crippen LogP contribution in [0.4, 0.5) is 0 Å². The van der Waals surface area contributed by atoms with Crippen molar-refractivity contribution in [3.63, 3.8) is 0 Å². The minimum Gasteiger partial charge on any atom is -0.395 e. The SMILES string of the molecule is CC12CC3CC(C)(C1)CC(OCCN(CCO)CCOC14CC5CC(C)(CC(C)(C5)C1)C4)(C3)C2. The standard InChI is InChI=1S/C30H51NO3/c1-25-11-23-12-26(2,17-25)20-29(15-23,19-25)33-9-6-31(5-8-32)7-10-34-30-16-24-13-27(3,21-30)18-28(4,14-24)22-30/h23-24,32H,5-22H2,1-4H3. The van der Waals surface area contributed by atoms with E-state index < -0.39 is 0 Å². The summed E-state index contributed by atoms with van der Waals surface area (Å²) in [5.74, 6) is 1.74. The molecular weight excluding hydrogens is 422 g/mol. The van der Waals surface area contributed by atoms with Crippen molar-refractivity contribution in [2.75, 3.05) is 39.5 Å². The molecule has 0 aromatic heterocycles. The topological polar surface area (TPSA) is 41.9 Å². The maximum atomic E-state index is 9.71. The Morgan fingerprint density at radius 3 is 1.29 bits per heavy atom. The highest BCUT2D eigenvalue weighted by Crippen LogP contribution is 2.68. The minimum atomic E-state index is 0.119. The summed E-state index contributed by atoms with van der Waals surface area (Å²) in [5.41, 5.74) is 2.23. The Morgan fingerprint density at radius 2 is 0.971 bits per heavy atom. The van der Waals surface area contributed by atoms with Crippen LogP contribution >= 0.6 is 0 Å². The van der Waals surface area contributed by atoms with Gasteiger partial charge in [-0.15, -0.1) is 0 Å². The van der Waals surface area contributed by atoms with Gasteiger partial charge in [-0.25, -0.2) is 0 Å². The molecule has 0 amide bonds. The first-order valence-corrected chi connectivity index (χ1v) is 14.6. The molecular formula is C30H51NO3. The van der Waals surface area contributed by atoms with E-state index in [4.69, 9.17) is 9.47 Å². The number of aliphatic hydroxyl groups excluding tert-OH is 1. The Morgan fingerprint density at radius 1 is 0.588 bits per heavy atom. The largest absolute Gasteiger partial charge is 0.395 e. The summed E-state index contributed by atoms with van der Waals surface area (Å²) in [5, 5.41) is 9.71. The molecule has 0 saturated heterocycles. The zero-order valence-corrected chi connectivity index (χ0v) is 22.6. The summed E-state index contributed by atoms with van der Waals surface area (Å²) in [6, 6.07) is 0. The van der Waals surface area contributed by atoms with Gasteiger partial charge in [0.1, 0.15) is 0 Å². The van der Waals surface area contributed by atoms with Crippen LogP contribution in [0.15, 0.2) is 0 Å². The Labute approximate surface area is 208 Å². The fraction of sp³-hybridized carbons (Fsp3) is 1.00. The van der Waals surface area contributed by atoms with Crippen molar-refractivity contribution in [2.24, 2.45) is 33.5 Å². The first kappa shape index (κ1) is 24.2. The van der Waals surface area contributed by atoms with Crippen molar-refractivity contribution in [1.82, 2.24) is 4.90 Å². The van der Waals surface area contributed by atoms with Crippen LogP contribution in [-0.4, -0.2) is 60.7 Å². The van der Waals surface area contributed by atoms with Crippen molar-refractivity contribution in [3.05, 3.63) is 0 Å². The predicted octanol–water partition coefficient (Wildman–Crippen LogP) is 5.81. The van der Waals surface area contributed by atoms with Crippen LogP contribution in [0.3, 0.4) is 0 Å². The Balaban J connectivity index is 1.02. The first-order valence-electron chi connectivity index (χ1n) is 14.6. The molecule has 8 bridgehead atoms. The molecule has 0 heterocycles. The van der Waals surface area contributed by atoms with Gasteiger partial charge >= 0.3 is 0 Å². The lowest BCUT2D eigenvalue weighted by atomic mass is 9.43. The average molecular weight is 474 g/mol. The second-order valence-corrected chi connectivity index (χ2v) is 15.9. The predicted molar refractivity (Wildman–Crippen MR) is 136 cm³/mol. The smallest absolute Gasteiger partial charge is 0.0696 e. The number of ether oxygens (including phenoxy) is 2. The summed E-state index contributed by atoms with van der Waals surface area (Å²) < 4.78 is 13.6. The Bertz CT molecular complexity index is 698. The second-order valence-electron chi connectivity index (χ2n) is 15.9. The highest BCUT2D eigenvalue weighted by atomic mass is 16.5. The van der Waals surface area contributed by atoms with Crippen LogP contribution in [0.2, 0.25) is 0 Å². The number of hydrogen-bond donors (Lipinski definition) is 1. The van der Waals surface area contributed by atoms with E-state index in [0.717, 1.165) is 44.7 Å². The van der Waals surface area contributed by atoms with E-state index in [2.05, 4.69) is 32.6 Å². The van der Waals surface area contributed by atoms with Crippen molar-refractivity contribution in [3.8, 4) is 0 Å². The molecule has 0 spiro atoms. The van der Waals surface area contributed by atoms with Crippen LogP contribution in [0, 0.1) is 33.5 Å². The van der Waals surface area contributed by atoms with Crippen molar-refractivity contribution < 1.29 is 14.6 Å². The lowest BCUT2D eigenvalue weighted by Crippen LogP contribution is -2.60. The molecule has 8 aliphatic carbocycles. The molecule has 4 nitrogen and oxygen atoms in total. The van der Waals surface area contributed by atoms with Crippen LogP contribution in [0.1, 0.15) is 105 Å². The van der Waals surface area contributed by atoms with Gasteiger partial charge in [0.05, 0.1) is 31.0 Å². The third-order valence-electron chi connectivity index (χ3n) is 11.2. The van der Waals surface area contributed by atoms with Crippen molar-refractivity contribution >= 4 is 0 Å².